The van der Waals surface area contributed by atoms with Gasteiger partial charge in [-0.2, -0.15) is 0 Å². The van der Waals surface area contributed by atoms with Crippen LogP contribution in [0.4, 0.5) is 4.39 Å². The van der Waals surface area contributed by atoms with Gasteiger partial charge in [0, 0.05) is 12.6 Å². The first-order valence-corrected chi connectivity index (χ1v) is 10.7. The second-order valence-corrected chi connectivity index (χ2v) is 8.52. The number of nitrogens with two attached hydrogens (primary N) is 1. The zero-order valence-electron chi connectivity index (χ0n) is 17.5. The third-order valence-corrected chi connectivity index (χ3v) is 6.29. The highest BCUT2D eigenvalue weighted by molar-refractivity contribution is 6.40. The van der Waals surface area contributed by atoms with Crippen molar-refractivity contribution in [3.63, 3.8) is 0 Å². The average molecular weight is 428 g/mol. The quantitative estimate of drug-likeness (QED) is 0.278. The SMILES string of the molecule is N[C@](CCCCB(O)O)(C(=O)O)C1CC(NCc2ccc(-c3ccc(F)cc3)cc2)C1. The summed E-state index contributed by atoms with van der Waals surface area (Å²) in [7, 11) is -1.36. The van der Waals surface area contributed by atoms with Gasteiger partial charge in [-0.3, -0.25) is 4.79 Å². The summed E-state index contributed by atoms with van der Waals surface area (Å²) in [6.45, 7) is 0.681. The minimum Gasteiger partial charge on any atom is -0.480 e. The van der Waals surface area contributed by atoms with Gasteiger partial charge in [0.2, 0.25) is 0 Å². The molecule has 0 aliphatic heterocycles. The third-order valence-electron chi connectivity index (χ3n) is 6.29. The lowest BCUT2D eigenvalue weighted by Crippen LogP contribution is -2.61. The molecule has 0 saturated heterocycles. The van der Waals surface area contributed by atoms with E-state index in [1.807, 2.05) is 24.3 Å². The van der Waals surface area contributed by atoms with E-state index >= 15 is 0 Å². The van der Waals surface area contributed by atoms with Gasteiger partial charge in [0.15, 0.2) is 0 Å². The molecule has 2 aromatic carbocycles. The number of carboxylic acid groups (broad SMARTS) is 1. The van der Waals surface area contributed by atoms with E-state index in [1.54, 1.807) is 12.1 Å². The summed E-state index contributed by atoms with van der Waals surface area (Å²) < 4.78 is 13.1. The molecule has 1 fully saturated rings. The van der Waals surface area contributed by atoms with Crippen molar-refractivity contribution in [3.8, 4) is 11.1 Å². The first kappa shape index (κ1) is 23.4. The molecule has 2 aromatic rings. The molecule has 1 aliphatic carbocycles. The largest absolute Gasteiger partial charge is 0.480 e. The molecule has 0 radical (unpaired) electrons. The third kappa shape index (κ3) is 6.14. The number of hydrogen-bond donors (Lipinski definition) is 5. The lowest BCUT2D eigenvalue weighted by Gasteiger charge is -2.45. The predicted molar refractivity (Wildman–Crippen MR) is 119 cm³/mol. The van der Waals surface area contributed by atoms with Gasteiger partial charge in [-0.15, -0.1) is 0 Å². The topological polar surface area (TPSA) is 116 Å². The van der Waals surface area contributed by atoms with Gasteiger partial charge < -0.3 is 26.2 Å². The number of rotatable bonds is 11. The Kier molecular flexibility index (Phi) is 7.83. The number of aliphatic carboxylic acids is 1. The van der Waals surface area contributed by atoms with Crippen molar-refractivity contribution in [2.75, 3.05) is 0 Å². The minimum atomic E-state index is -1.36. The number of nitrogens with one attached hydrogen (secondary N) is 1. The van der Waals surface area contributed by atoms with Gasteiger partial charge >= 0.3 is 13.1 Å². The Balaban J connectivity index is 1.45. The first-order chi connectivity index (χ1) is 14.8. The molecule has 6 nitrogen and oxygen atoms in total. The molecule has 0 aromatic heterocycles. The van der Waals surface area contributed by atoms with Crippen molar-refractivity contribution in [3.05, 3.63) is 59.9 Å². The number of carbonyl (C=O) groups is 1. The number of carboxylic acids is 1. The second-order valence-electron chi connectivity index (χ2n) is 8.52. The van der Waals surface area contributed by atoms with Crippen LogP contribution in [0.15, 0.2) is 48.5 Å². The maximum absolute atomic E-state index is 13.1. The zero-order chi connectivity index (χ0) is 22.4. The van der Waals surface area contributed by atoms with Crippen LogP contribution in [0, 0.1) is 11.7 Å². The van der Waals surface area contributed by atoms with Crippen LogP contribution in [0.1, 0.15) is 37.7 Å². The molecule has 1 atom stereocenters. The van der Waals surface area contributed by atoms with Gasteiger partial charge in [-0.25, -0.2) is 4.39 Å². The molecule has 1 saturated carbocycles. The summed E-state index contributed by atoms with van der Waals surface area (Å²) >= 11 is 0. The van der Waals surface area contributed by atoms with Crippen LogP contribution >= 0.6 is 0 Å². The van der Waals surface area contributed by atoms with Crippen molar-refractivity contribution < 1.29 is 24.3 Å². The summed E-state index contributed by atoms with van der Waals surface area (Å²) in [6, 6.07) is 14.7. The van der Waals surface area contributed by atoms with Gasteiger partial charge in [-0.05, 0) is 60.3 Å². The van der Waals surface area contributed by atoms with Crippen molar-refractivity contribution in [2.45, 2.75) is 56.5 Å². The monoisotopic (exact) mass is 428 g/mol. The number of benzene rings is 2. The van der Waals surface area contributed by atoms with E-state index in [0.717, 1.165) is 16.7 Å². The Morgan fingerprint density at radius 2 is 1.65 bits per heavy atom. The molecule has 166 valence electrons. The molecule has 8 heteroatoms. The molecule has 3 rings (SSSR count). The fourth-order valence-electron chi connectivity index (χ4n) is 4.15. The average Bonchev–Trinajstić information content (AvgIpc) is 2.71. The molecular weight excluding hydrogens is 398 g/mol. The van der Waals surface area contributed by atoms with Gasteiger partial charge in [0.1, 0.15) is 11.4 Å². The van der Waals surface area contributed by atoms with Crippen LogP contribution in [0.5, 0.6) is 0 Å². The lowest BCUT2D eigenvalue weighted by molar-refractivity contribution is -0.148. The van der Waals surface area contributed by atoms with Crippen molar-refractivity contribution >= 4 is 13.1 Å². The van der Waals surface area contributed by atoms with Crippen LogP contribution in [0.25, 0.3) is 11.1 Å². The highest BCUT2D eigenvalue weighted by atomic mass is 19.1. The highest BCUT2D eigenvalue weighted by Gasteiger charge is 2.47. The summed E-state index contributed by atoms with van der Waals surface area (Å²) in [5.74, 6) is -1.34. The molecule has 0 spiro atoms. The Morgan fingerprint density at radius 3 is 2.19 bits per heavy atom. The van der Waals surface area contributed by atoms with E-state index in [0.29, 0.717) is 38.6 Å². The van der Waals surface area contributed by atoms with Crippen LogP contribution in [0.3, 0.4) is 0 Å². The Morgan fingerprint density at radius 1 is 1.06 bits per heavy atom. The summed E-state index contributed by atoms with van der Waals surface area (Å²) in [5, 5.41) is 30.9. The second kappa shape index (κ2) is 10.4. The number of hydrogen-bond acceptors (Lipinski definition) is 5. The van der Waals surface area contributed by atoms with Crippen LogP contribution in [0.2, 0.25) is 6.32 Å². The maximum Gasteiger partial charge on any atom is 0.451 e. The molecule has 0 unspecified atom stereocenters. The van der Waals surface area contributed by atoms with E-state index in [1.165, 1.54) is 12.1 Å². The lowest BCUT2D eigenvalue weighted by atomic mass is 9.66. The Bertz CT molecular complexity index is 857. The van der Waals surface area contributed by atoms with Crippen LogP contribution in [-0.2, 0) is 11.3 Å². The van der Waals surface area contributed by atoms with Gasteiger partial charge in [0.25, 0.3) is 0 Å². The Labute approximate surface area is 182 Å². The van der Waals surface area contributed by atoms with Crippen LogP contribution in [-0.4, -0.2) is 39.8 Å². The molecule has 0 amide bonds. The van der Waals surface area contributed by atoms with Crippen molar-refractivity contribution in [1.82, 2.24) is 5.32 Å². The normalized spacial score (nSPS) is 20.0. The van der Waals surface area contributed by atoms with Crippen molar-refractivity contribution in [2.24, 2.45) is 11.7 Å². The zero-order valence-corrected chi connectivity index (χ0v) is 17.5. The smallest absolute Gasteiger partial charge is 0.451 e. The molecule has 6 N–H and O–H groups in total. The van der Waals surface area contributed by atoms with Crippen LogP contribution < -0.4 is 11.1 Å². The number of halogens is 1. The molecule has 1 aliphatic rings. The van der Waals surface area contributed by atoms with Gasteiger partial charge in [-0.1, -0.05) is 49.2 Å². The fourth-order valence-corrected chi connectivity index (χ4v) is 4.15. The van der Waals surface area contributed by atoms with E-state index in [4.69, 9.17) is 15.8 Å². The summed E-state index contributed by atoms with van der Waals surface area (Å²) in [6.07, 6.45) is 3.06. The van der Waals surface area contributed by atoms with Crippen molar-refractivity contribution in [1.29, 1.82) is 0 Å². The molecule has 0 bridgehead atoms. The van der Waals surface area contributed by atoms with E-state index < -0.39 is 18.6 Å². The predicted octanol–water partition coefficient (Wildman–Crippen LogP) is 2.79. The first-order valence-electron chi connectivity index (χ1n) is 10.7. The summed E-state index contributed by atoms with van der Waals surface area (Å²) in [5.41, 5.74) is 8.07. The van der Waals surface area contributed by atoms with E-state index in [9.17, 15) is 14.3 Å². The molecule has 0 heterocycles. The Hall–Kier alpha value is -2.26. The van der Waals surface area contributed by atoms with E-state index in [2.05, 4.69) is 5.32 Å². The minimum absolute atomic E-state index is 0.0950. The highest BCUT2D eigenvalue weighted by Crippen LogP contribution is 2.38. The standard InChI is InChI=1S/C23H30BFN2O4/c25-20-9-7-18(8-10-20)17-5-3-16(4-6-17)15-27-21-13-19(14-21)23(26,22(28)29)11-1-2-12-24(30)31/h3-10,19,21,27,30-31H,1-2,11-15,26H2,(H,28,29)/t19?,21?,23-/m0/s1. The molecule has 31 heavy (non-hydrogen) atoms. The maximum atomic E-state index is 13.1. The summed E-state index contributed by atoms with van der Waals surface area (Å²) in [4.78, 5) is 11.8. The fraction of sp³-hybridized carbons (Fsp3) is 0.435. The van der Waals surface area contributed by atoms with Gasteiger partial charge in [0.05, 0.1) is 0 Å². The number of unbranched alkanes of at least 4 members (excludes halogenated alkanes) is 1. The van der Waals surface area contributed by atoms with E-state index in [-0.39, 0.29) is 24.1 Å². The molecular formula is C23H30BFN2O4.